The molecule has 0 aliphatic carbocycles. The molecular formula is C17H22N2. The summed E-state index contributed by atoms with van der Waals surface area (Å²) < 4.78 is 0. The second kappa shape index (κ2) is 5.32. The third kappa shape index (κ3) is 2.38. The SMILES string of the molecule is CC(c1cccc2ccccc12)N(C)C1CCNC1. The van der Waals surface area contributed by atoms with Gasteiger partial charge in [-0.05, 0) is 43.3 Å². The number of nitrogens with zero attached hydrogens (tertiary/aromatic N) is 1. The van der Waals surface area contributed by atoms with Crippen molar-refractivity contribution >= 4 is 10.8 Å². The van der Waals surface area contributed by atoms with E-state index >= 15 is 0 Å². The molecule has 0 aromatic heterocycles. The Kier molecular flexibility index (Phi) is 3.54. The Balaban J connectivity index is 1.94. The average Bonchev–Trinajstić information content (AvgIpc) is 2.99. The summed E-state index contributed by atoms with van der Waals surface area (Å²) in [6, 6.07) is 16.4. The van der Waals surface area contributed by atoms with E-state index in [1.807, 2.05) is 0 Å². The van der Waals surface area contributed by atoms with Gasteiger partial charge in [-0.15, -0.1) is 0 Å². The summed E-state index contributed by atoms with van der Waals surface area (Å²) in [5.41, 5.74) is 1.44. The Morgan fingerprint density at radius 2 is 1.95 bits per heavy atom. The lowest BCUT2D eigenvalue weighted by atomic mass is 9.98. The van der Waals surface area contributed by atoms with Gasteiger partial charge in [0.1, 0.15) is 0 Å². The summed E-state index contributed by atoms with van der Waals surface area (Å²) in [4.78, 5) is 2.52. The zero-order valence-electron chi connectivity index (χ0n) is 11.8. The molecule has 2 atom stereocenters. The first-order valence-electron chi connectivity index (χ1n) is 7.17. The molecule has 1 heterocycles. The molecule has 2 aromatic rings. The van der Waals surface area contributed by atoms with Crippen molar-refractivity contribution in [1.29, 1.82) is 0 Å². The van der Waals surface area contributed by atoms with Gasteiger partial charge < -0.3 is 5.32 Å². The first-order valence-corrected chi connectivity index (χ1v) is 7.17. The molecule has 19 heavy (non-hydrogen) atoms. The van der Waals surface area contributed by atoms with E-state index in [2.05, 4.69) is 66.7 Å². The second-order valence-electron chi connectivity index (χ2n) is 5.56. The van der Waals surface area contributed by atoms with Crippen molar-refractivity contribution in [1.82, 2.24) is 10.2 Å². The third-order valence-corrected chi connectivity index (χ3v) is 4.49. The summed E-state index contributed by atoms with van der Waals surface area (Å²) in [6.45, 7) is 4.59. The van der Waals surface area contributed by atoms with Crippen LogP contribution in [0.5, 0.6) is 0 Å². The third-order valence-electron chi connectivity index (χ3n) is 4.49. The number of hydrogen-bond acceptors (Lipinski definition) is 2. The normalized spacial score (nSPS) is 21.1. The van der Waals surface area contributed by atoms with Crippen LogP contribution in [0.2, 0.25) is 0 Å². The summed E-state index contributed by atoms with van der Waals surface area (Å²) in [7, 11) is 2.25. The van der Waals surface area contributed by atoms with Gasteiger partial charge in [0.25, 0.3) is 0 Å². The van der Waals surface area contributed by atoms with E-state index in [4.69, 9.17) is 0 Å². The van der Waals surface area contributed by atoms with Crippen LogP contribution in [0.4, 0.5) is 0 Å². The van der Waals surface area contributed by atoms with E-state index in [1.54, 1.807) is 0 Å². The molecule has 0 saturated carbocycles. The summed E-state index contributed by atoms with van der Waals surface area (Å²) in [6.07, 6.45) is 1.26. The van der Waals surface area contributed by atoms with Crippen molar-refractivity contribution in [3.63, 3.8) is 0 Å². The van der Waals surface area contributed by atoms with E-state index in [0.29, 0.717) is 12.1 Å². The molecule has 0 radical (unpaired) electrons. The number of nitrogens with one attached hydrogen (secondary N) is 1. The monoisotopic (exact) mass is 254 g/mol. The topological polar surface area (TPSA) is 15.3 Å². The molecular weight excluding hydrogens is 232 g/mol. The smallest absolute Gasteiger partial charge is 0.0326 e. The lowest BCUT2D eigenvalue weighted by Gasteiger charge is -2.31. The standard InChI is InChI=1S/C17H22N2/c1-13(19(2)15-10-11-18-12-15)16-9-5-7-14-6-3-4-8-17(14)16/h3-9,13,15,18H,10-12H2,1-2H3. The van der Waals surface area contributed by atoms with Crippen LogP contribution < -0.4 is 5.32 Å². The van der Waals surface area contributed by atoms with Crippen molar-refractivity contribution in [2.24, 2.45) is 0 Å². The number of hydrogen-bond donors (Lipinski definition) is 1. The first kappa shape index (κ1) is 12.6. The van der Waals surface area contributed by atoms with Crippen LogP contribution in [-0.4, -0.2) is 31.1 Å². The lowest BCUT2D eigenvalue weighted by Crippen LogP contribution is -2.35. The first-order chi connectivity index (χ1) is 9.27. The lowest BCUT2D eigenvalue weighted by molar-refractivity contribution is 0.198. The molecule has 0 spiro atoms. The maximum atomic E-state index is 3.46. The van der Waals surface area contributed by atoms with Crippen LogP contribution in [0.1, 0.15) is 24.9 Å². The molecule has 2 nitrogen and oxygen atoms in total. The van der Waals surface area contributed by atoms with Crippen molar-refractivity contribution in [3.8, 4) is 0 Å². The van der Waals surface area contributed by atoms with Crippen LogP contribution in [-0.2, 0) is 0 Å². The molecule has 2 unspecified atom stereocenters. The Morgan fingerprint density at radius 1 is 1.16 bits per heavy atom. The number of benzene rings is 2. The molecule has 2 heteroatoms. The molecule has 1 aliphatic rings. The van der Waals surface area contributed by atoms with Gasteiger partial charge in [-0.25, -0.2) is 0 Å². The van der Waals surface area contributed by atoms with E-state index in [1.165, 1.54) is 22.8 Å². The van der Waals surface area contributed by atoms with Crippen LogP contribution in [0.3, 0.4) is 0 Å². The summed E-state index contributed by atoms with van der Waals surface area (Å²) >= 11 is 0. The van der Waals surface area contributed by atoms with Gasteiger partial charge in [-0.1, -0.05) is 42.5 Å². The Bertz CT molecular complexity index is 553. The highest BCUT2D eigenvalue weighted by molar-refractivity contribution is 5.86. The predicted molar refractivity (Wildman–Crippen MR) is 81.4 cm³/mol. The van der Waals surface area contributed by atoms with Crippen LogP contribution in [0, 0.1) is 0 Å². The molecule has 1 N–H and O–H groups in total. The van der Waals surface area contributed by atoms with Gasteiger partial charge in [0.05, 0.1) is 0 Å². The maximum absolute atomic E-state index is 3.46. The number of fused-ring (bicyclic) bond motifs is 1. The average molecular weight is 254 g/mol. The molecule has 1 saturated heterocycles. The molecule has 0 amide bonds. The van der Waals surface area contributed by atoms with Gasteiger partial charge in [0.2, 0.25) is 0 Å². The van der Waals surface area contributed by atoms with Gasteiger partial charge in [0.15, 0.2) is 0 Å². The van der Waals surface area contributed by atoms with E-state index in [-0.39, 0.29) is 0 Å². The maximum Gasteiger partial charge on any atom is 0.0326 e. The van der Waals surface area contributed by atoms with Crippen molar-refractivity contribution in [2.75, 3.05) is 20.1 Å². The second-order valence-corrected chi connectivity index (χ2v) is 5.56. The fourth-order valence-corrected chi connectivity index (χ4v) is 3.14. The zero-order chi connectivity index (χ0) is 13.2. The number of likely N-dealkylation sites (N-methyl/N-ethyl adjacent to an activating group) is 1. The quantitative estimate of drug-likeness (QED) is 0.905. The Hall–Kier alpha value is -1.38. The zero-order valence-corrected chi connectivity index (χ0v) is 11.8. The number of rotatable bonds is 3. The predicted octanol–water partition coefficient (Wildman–Crippen LogP) is 3.19. The van der Waals surface area contributed by atoms with Crippen LogP contribution in [0.25, 0.3) is 10.8 Å². The molecule has 1 aliphatic heterocycles. The van der Waals surface area contributed by atoms with Gasteiger partial charge >= 0.3 is 0 Å². The fourth-order valence-electron chi connectivity index (χ4n) is 3.14. The van der Waals surface area contributed by atoms with Crippen LogP contribution in [0.15, 0.2) is 42.5 Å². The molecule has 3 rings (SSSR count). The van der Waals surface area contributed by atoms with E-state index in [0.717, 1.165) is 13.1 Å². The van der Waals surface area contributed by atoms with Gasteiger partial charge in [-0.2, -0.15) is 0 Å². The van der Waals surface area contributed by atoms with Crippen molar-refractivity contribution in [3.05, 3.63) is 48.0 Å². The minimum atomic E-state index is 0.455. The highest BCUT2D eigenvalue weighted by Gasteiger charge is 2.24. The van der Waals surface area contributed by atoms with Crippen LogP contribution >= 0.6 is 0 Å². The minimum Gasteiger partial charge on any atom is -0.315 e. The largest absolute Gasteiger partial charge is 0.315 e. The highest BCUT2D eigenvalue weighted by Crippen LogP contribution is 2.29. The molecule has 0 bridgehead atoms. The summed E-state index contributed by atoms with van der Waals surface area (Å²) in [5.74, 6) is 0. The van der Waals surface area contributed by atoms with E-state index in [9.17, 15) is 0 Å². The minimum absolute atomic E-state index is 0.455. The van der Waals surface area contributed by atoms with E-state index < -0.39 is 0 Å². The molecule has 2 aromatic carbocycles. The van der Waals surface area contributed by atoms with Crippen molar-refractivity contribution < 1.29 is 0 Å². The molecule has 1 fully saturated rings. The highest BCUT2D eigenvalue weighted by atomic mass is 15.2. The molecule has 100 valence electrons. The summed E-state index contributed by atoms with van der Waals surface area (Å²) in [5, 5.41) is 6.18. The Labute approximate surface area is 115 Å². The Morgan fingerprint density at radius 3 is 2.74 bits per heavy atom. The van der Waals surface area contributed by atoms with Gasteiger partial charge in [0, 0.05) is 18.6 Å². The van der Waals surface area contributed by atoms with Crippen molar-refractivity contribution in [2.45, 2.75) is 25.4 Å². The van der Waals surface area contributed by atoms with Gasteiger partial charge in [-0.3, -0.25) is 4.90 Å². The fraction of sp³-hybridized carbons (Fsp3) is 0.412.